The number of urea groups is 1. The Kier molecular flexibility index (Phi) is 4.55. The first-order valence-corrected chi connectivity index (χ1v) is 7.77. The average Bonchev–Trinajstić information content (AvgIpc) is 3.08. The third-order valence-electron chi connectivity index (χ3n) is 5.23. The van der Waals surface area contributed by atoms with Gasteiger partial charge in [-0.25, -0.2) is 4.79 Å². The predicted octanol–water partition coefficient (Wildman–Crippen LogP) is 2.46. The maximum absolute atomic E-state index is 12.3. The first-order chi connectivity index (χ1) is 9.48. The number of rotatable bonds is 4. The van der Waals surface area contributed by atoms with E-state index in [4.69, 9.17) is 0 Å². The molecule has 1 saturated carbocycles. The monoisotopic (exact) mass is 282 g/mol. The highest BCUT2D eigenvalue weighted by atomic mass is 16.4. The Morgan fingerprint density at radius 1 is 1.40 bits per heavy atom. The van der Waals surface area contributed by atoms with Crippen molar-refractivity contribution in [3.05, 3.63) is 0 Å². The minimum Gasteiger partial charge on any atom is -0.481 e. The summed E-state index contributed by atoms with van der Waals surface area (Å²) in [5, 5.41) is 12.4. The third kappa shape index (κ3) is 2.91. The smallest absolute Gasteiger partial charge is 0.317 e. The van der Waals surface area contributed by atoms with Crippen LogP contribution in [0.3, 0.4) is 0 Å². The number of aliphatic carboxylic acids is 1. The molecule has 0 aromatic heterocycles. The van der Waals surface area contributed by atoms with Crippen molar-refractivity contribution in [3.8, 4) is 0 Å². The first-order valence-electron chi connectivity index (χ1n) is 7.77. The molecule has 2 N–H and O–H groups in total. The average molecular weight is 282 g/mol. The largest absolute Gasteiger partial charge is 0.481 e. The number of likely N-dealkylation sites (tertiary alicyclic amines) is 1. The van der Waals surface area contributed by atoms with Crippen molar-refractivity contribution >= 4 is 12.0 Å². The SMILES string of the molecule is CCC1(C(=O)O)CCN(C(=O)NC(C)C2CCCC2)C1. The molecule has 2 fully saturated rings. The molecule has 0 aromatic rings. The molecule has 0 aromatic carbocycles. The third-order valence-corrected chi connectivity index (χ3v) is 5.23. The molecular weight excluding hydrogens is 256 g/mol. The fourth-order valence-corrected chi connectivity index (χ4v) is 3.52. The van der Waals surface area contributed by atoms with Gasteiger partial charge in [-0.2, -0.15) is 0 Å². The summed E-state index contributed by atoms with van der Waals surface area (Å²) in [4.78, 5) is 25.3. The summed E-state index contributed by atoms with van der Waals surface area (Å²) in [6.07, 6.45) is 6.03. The molecule has 1 aliphatic carbocycles. The van der Waals surface area contributed by atoms with Gasteiger partial charge in [0.25, 0.3) is 0 Å². The van der Waals surface area contributed by atoms with Crippen LogP contribution in [0.25, 0.3) is 0 Å². The summed E-state index contributed by atoms with van der Waals surface area (Å²) in [6, 6.07) is 0.0902. The number of hydrogen-bond acceptors (Lipinski definition) is 2. The first kappa shape index (κ1) is 15.1. The Labute approximate surface area is 120 Å². The van der Waals surface area contributed by atoms with E-state index in [-0.39, 0.29) is 12.1 Å². The highest BCUT2D eigenvalue weighted by molar-refractivity contribution is 5.79. The van der Waals surface area contributed by atoms with E-state index in [0.717, 1.165) is 0 Å². The molecule has 2 amide bonds. The molecule has 0 radical (unpaired) electrons. The highest BCUT2D eigenvalue weighted by Crippen LogP contribution is 2.34. The van der Waals surface area contributed by atoms with Gasteiger partial charge in [0, 0.05) is 19.1 Å². The number of nitrogens with one attached hydrogen (secondary N) is 1. The molecule has 5 heteroatoms. The molecule has 2 aliphatic rings. The van der Waals surface area contributed by atoms with E-state index in [0.29, 0.717) is 31.8 Å². The topological polar surface area (TPSA) is 69.6 Å². The van der Waals surface area contributed by atoms with Gasteiger partial charge in [0.15, 0.2) is 0 Å². The second kappa shape index (κ2) is 6.02. The van der Waals surface area contributed by atoms with E-state index < -0.39 is 11.4 Å². The van der Waals surface area contributed by atoms with Crippen molar-refractivity contribution in [1.29, 1.82) is 0 Å². The van der Waals surface area contributed by atoms with Crippen molar-refractivity contribution in [3.63, 3.8) is 0 Å². The molecule has 1 saturated heterocycles. The van der Waals surface area contributed by atoms with Crippen LogP contribution >= 0.6 is 0 Å². The maximum Gasteiger partial charge on any atom is 0.317 e. The van der Waals surface area contributed by atoms with E-state index in [1.807, 2.05) is 6.92 Å². The molecule has 5 nitrogen and oxygen atoms in total. The number of carbonyl (C=O) groups excluding carboxylic acids is 1. The Bertz CT molecular complexity index is 379. The van der Waals surface area contributed by atoms with E-state index >= 15 is 0 Å². The van der Waals surface area contributed by atoms with Gasteiger partial charge in [-0.3, -0.25) is 4.79 Å². The summed E-state index contributed by atoms with van der Waals surface area (Å²) in [5.41, 5.74) is -0.742. The summed E-state index contributed by atoms with van der Waals surface area (Å²) < 4.78 is 0. The van der Waals surface area contributed by atoms with Crippen LogP contribution in [0, 0.1) is 11.3 Å². The van der Waals surface area contributed by atoms with Crippen LogP contribution in [0.5, 0.6) is 0 Å². The van der Waals surface area contributed by atoms with Crippen LogP contribution < -0.4 is 5.32 Å². The number of carbonyl (C=O) groups is 2. The van der Waals surface area contributed by atoms with Gasteiger partial charge in [-0.15, -0.1) is 0 Å². The molecular formula is C15H26N2O3. The fraction of sp³-hybridized carbons (Fsp3) is 0.867. The van der Waals surface area contributed by atoms with Crippen molar-refractivity contribution in [2.45, 2.75) is 58.4 Å². The zero-order valence-electron chi connectivity index (χ0n) is 12.5. The molecule has 0 spiro atoms. The number of hydrogen-bond donors (Lipinski definition) is 2. The lowest BCUT2D eigenvalue weighted by atomic mass is 9.84. The van der Waals surface area contributed by atoms with Gasteiger partial charge < -0.3 is 15.3 Å². The summed E-state index contributed by atoms with van der Waals surface area (Å²) >= 11 is 0. The van der Waals surface area contributed by atoms with Gasteiger partial charge >= 0.3 is 12.0 Å². The second-order valence-electron chi connectivity index (χ2n) is 6.39. The normalized spacial score (nSPS) is 28.6. The van der Waals surface area contributed by atoms with Crippen LogP contribution in [0.15, 0.2) is 0 Å². The molecule has 2 rings (SSSR count). The zero-order valence-corrected chi connectivity index (χ0v) is 12.5. The number of amides is 2. The van der Waals surface area contributed by atoms with E-state index in [2.05, 4.69) is 12.2 Å². The Morgan fingerprint density at radius 3 is 2.55 bits per heavy atom. The van der Waals surface area contributed by atoms with Crippen LogP contribution in [0.2, 0.25) is 0 Å². The van der Waals surface area contributed by atoms with Gasteiger partial charge in [-0.1, -0.05) is 19.8 Å². The lowest BCUT2D eigenvalue weighted by Crippen LogP contribution is -2.46. The lowest BCUT2D eigenvalue weighted by molar-refractivity contribution is -0.148. The zero-order chi connectivity index (χ0) is 14.8. The van der Waals surface area contributed by atoms with Gasteiger partial charge in [0.2, 0.25) is 0 Å². The standard InChI is InChI=1S/C15H26N2O3/c1-3-15(13(18)19)8-9-17(10-15)14(20)16-11(2)12-6-4-5-7-12/h11-12H,3-10H2,1-2H3,(H,16,20)(H,18,19). The minimum absolute atomic E-state index is 0.0963. The van der Waals surface area contributed by atoms with Crippen LogP contribution in [0.1, 0.15) is 52.4 Å². The van der Waals surface area contributed by atoms with Gasteiger partial charge in [-0.05, 0) is 38.5 Å². The molecule has 1 aliphatic heterocycles. The Balaban J connectivity index is 1.89. The van der Waals surface area contributed by atoms with E-state index in [9.17, 15) is 14.7 Å². The number of carboxylic acid groups (broad SMARTS) is 1. The Hall–Kier alpha value is -1.26. The molecule has 2 atom stereocenters. The number of carboxylic acids is 1. The van der Waals surface area contributed by atoms with E-state index in [1.54, 1.807) is 4.90 Å². The lowest BCUT2D eigenvalue weighted by Gasteiger charge is -2.26. The van der Waals surface area contributed by atoms with Crippen LogP contribution in [-0.2, 0) is 4.79 Å². The van der Waals surface area contributed by atoms with Crippen molar-refractivity contribution in [1.82, 2.24) is 10.2 Å². The molecule has 1 heterocycles. The second-order valence-corrected chi connectivity index (χ2v) is 6.39. The molecule has 20 heavy (non-hydrogen) atoms. The fourth-order valence-electron chi connectivity index (χ4n) is 3.52. The highest BCUT2D eigenvalue weighted by Gasteiger charge is 2.45. The predicted molar refractivity (Wildman–Crippen MR) is 76.5 cm³/mol. The maximum atomic E-state index is 12.3. The van der Waals surface area contributed by atoms with Crippen molar-refractivity contribution < 1.29 is 14.7 Å². The summed E-state index contributed by atoms with van der Waals surface area (Å²) in [6.45, 7) is 4.83. The van der Waals surface area contributed by atoms with Crippen LogP contribution in [0.4, 0.5) is 4.79 Å². The quantitative estimate of drug-likeness (QED) is 0.832. The van der Waals surface area contributed by atoms with Crippen LogP contribution in [-0.4, -0.2) is 41.1 Å². The summed E-state index contributed by atoms with van der Waals surface area (Å²) in [5.74, 6) is -0.198. The van der Waals surface area contributed by atoms with Crippen molar-refractivity contribution in [2.75, 3.05) is 13.1 Å². The molecule has 2 unspecified atom stereocenters. The number of nitrogens with zero attached hydrogens (tertiary/aromatic N) is 1. The minimum atomic E-state index is -0.779. The van der Waals surface area contributed by atoms with Gasteiger partial charge in [0.05, 0.1) is 5.41 Å². The molecule has 0 bridgehead atoms. The van der Waals surface area contributed by atoms with E-state index in [1.165, 1.54) is 25.7 Å². The van der Waals surface area contributed by atoms with Crippen molar-refractivity contribution in [2.24, 2.45) is 11.3 Å². The molecule has 114 valence electrons. The Morgan fingerprint density at radius 2 is 2.05 bits per heavy atom. The summed E-state index contributed by atoms with van der Waals surface area (Å²) in [7, 11) is 0. The van der Waals surface area contributed by atoms with Gasteiger partial charge in [0.1, 0.15) is 0 Å².